The van der Waals surface area contributed by atoms with E-state index >= 15 is 0 Å². The van der Waals surface area contributed by atoms with Gasteiger partial charge >= 0.3 is 0 Å². The molecule has 0 unspecified atom stereocenters. The molecule has 0 aliphatic carbocycles. The normalized spacial score (nSPS) is 18.7. The fourth-order valence-corrected chi connectivity index (χ4v) is 3.76. The van der Waals surface area contributed by atoms with E-state index in [1.54, 1.807) is 5.19 Å². The van der Waals surface area contributed by atoms with Crippen molar-refractivity contribution in [2.75, 3.05) is 20.1 Å². The average Bonchev–Trinajstić information content (AvgIpc) is 2.37. The molecule has 1 saturated heterocycles. The van der Waals surface area contributed by atoms with Gasteiger partial charge in [0.25, 0.3) is 0 Å². The number of piperidine rings is 1. The molecule has 1 fully saturated rings. The van der Waals surface area contributed by atoms with Crippen molar-refractivity contribution in [3.63, 3.8) is 0 Å². The standard InChI is InChI=1S/C16H28N2Si/c1-18-11-9-15(10-12-18)17-13-14-5-7-16(8-6-14)19(2,3)4/h5-8,15,17H,9-13H2,1-4H3. The van der Waals surface area contributed by atoms with Crippen molar-refractivity contribution < 1.29 is 0 Å². The van der Waals surface area contributed by atoms with Crippen LogP contribution in [0, 0.1) is 0 Å². The lowest BCUT2D eigenvalue weighted by Crippen LogP contribution is -2.40. The molecule has 1 aliphatic heterocycles. The van der Waals surface area contributed by atoms with E-state index in [2.05, 4.69) is 61.2 Å². The lowest BCUT2D eigenvalue weighted by atomic mass is 10.1. The predicted octanol–water partition coefficient (Wildman–Crippen LogP) is 2.42. The molecule has 1 aromatic carbocycles. The first-order chi connectivity index (χ1) is 8.95. The average molecular weight is 277 g/mol. The Bertz CT molecular complexity index is 386. The van der Waals surface area contributed by atoms with E-state index in [1.165, 1.54) is 31.5 Å². The minimum absolute atomic E-state index is 0.702. The van der Waals surface area contributed by atoms with E-state index in [0.717, 1.165) is 6.54 Å². The Morgan fingerprint density at radius 2 is 1.68 bits per heavy atom. The Kier molecular flexibility index (Phi) is 4.82. The monoisotopic (exact) mass is 276 g/mol. The SMILES string of the molecule is CN1CCC(NCc2ccc([Si](C)(C)C)cc2)CC1. The van der Waals surface area contributed by atoms with Crippen LogP contribution in [-0.4, -0.2) is 39.2 Å². The molecule has 1 aliphatic rings. The number of rotatable bonds is 4. The van der Waals surface area contributed by atoms with Crippen LogP contribution in [0.15, 0.2) is 24.3 Å². The third-order valence-corrected chi connectivity index (χ3v) is 6.20. The van der Waals surface area contributed by atoms with Crippen LogP contribution in [0.25, 0.3) is 0 Å². The quantitative estimate of drug-likeness (QED) is 0.850. The van der Waals surface area contributed by atoms with Crippen molar-refractivity contribution in [2.24, 2.45) is 0 Å². The van der Waals surface area contributed by atoms with Crippen molar-refractivity contribution in [3.8, 4) is 0 Å². The Hall–Kier alpha value is -0.643. The topological polar surface area (TPSA) is 15.3 Å². The van der Waals surface area contributed by atoms with Crippen LogP contribution < -0.4 is 10.5 Å². The summed E-state index contributed by atoms with van der Waals surface area (Å²) in [6, 6.07) is 9.97. The minimum Gasteiger partial charge on any atom is -0.310 e. The summed E-state index contributed by atoms with van der Waals surface area (Å²) in [5.41, 5.74) is 1.42. The van der Waals surface area contributed by atoms with Gasteiger partial charge in [-0.15, -0.1) is 0 Å². The molecular weight excluding hydrogens is 248 g/mol. The summed E-state index contributed by atoms with van der Waals surface area (Å²) in [4.78, 5) is 2.42. The number of nitrogens with zero attached hydrogens (tertiary/aromatic N) is 1. The van der Waals surface area contributed by atoms with Gasteiger partial charge in [-0.25, -0.2) is 0 Å². The minimum atomic E-state index is -1.15. The summed E-state index contributed by atoms with van der Waals surface area (Å²) in [5.74, 6) is 0. The van der Waals surface area contributed by atoms with Gasteiger partial charge < -0.3 is 10.2 Å². The largest absolute Gasteiger partial charge is 0.310 e. The van der Waals surface area contributed by atoms with Crippen LogP contribution in [0.1, 0.15) is 18.4 Å². The van der Waals surface area contributed by atoms with Gasteiger partial charge in [-0.05, 0) is 38.5 Å². The van der Waals surface area contributed by atoms with Gasteiger partial charge in [-0.3, -0.25) is 0 Å². The summed E-state index contributed by atoms with van der Waals surface area (Å²) in [7, 11) is 1.07. The molecule has 3 heteroatoms. The van der Waals surface area contributed by atoms with Crippen LogP contribution in [0.3, 0.4) is 0 Å². The maximum Gasteiger partial charge on any atom is 0.0775 e. The molecule has 0 amide bonds. The van der Waals surface area contributed by atoms with E-state index < -0.39 is 8.07 Å². The molecule has 1 aromatic rings. The van der Waals surface area contributed by atoms with Gasteiger partial charge in [-0.2, -0.15) is 0 Å². The van der Waals surface area contributed by atoms with Crippen LogP contribution in [-0.2, 0) is 6.54 Å². The van der Waals surface area contributed by atoms with Gasteiger partial charge in [0.15, 0.2) is 0 Å². The Labute approximate surface area is 119 Å². The summed E-state index contributed by atoms with van der Waals surface area (Å²) >= 11 is 0. The van der Waals surface area contributed by atoms with Crippen LogP contribution >= 0.6 is 0 Å². The highest BCUT2D eigenvalue weighted by atomic mass is 28.3. The molecule has 1 heterocycles. The van der Waals surface area contributed by atoms with Crippen LogP contribution in [0.4, 0.5) is 0 Å². The molecule has 0 atom stereocenters. The second kappa shape index (κ2) is 6.20. The zero-order chi connectivity index (χ0) is 13.9. The molecule has 19 heavy (non-hydrogen) atoms. The fourth-order valence-electron chi connectivity index (χ4n) is 2.60. The third-order valence-electron chi connectivity index (χ3n) is 4.13. The zero-order valence-corrected chi connectivity index (χ0v) is 13.9. The van der Waals surface area contributed by atoms with E-state index in [4.69, 9.17) is 0 Å². The number of likely N-dealkylation sites (tertiary alicyclic amines) is 1. The fraction of sp³-hybridized carbons (Fsp3) is 0.625. The van der Waals surface area contributed by atoms with Crippen molar-refractivity contribution in [1.82, 2.24) is 10.2 Å². The van der Waals surface area contributed by atoms with Crippen LogP contribution in [0.2, 0.25) is 19.6 Å². The smallest absolute Gasteiger partial charge is 0.0775 e. The lowest BCUT2D eigenvalue weighted by Gasteiger charge is -2.29. The Balaban J connectivity index is 1.83. The molecule has 0 radical (unpaired) electrons. The second-order valence-corrected chi connectivity index (χ2v) is 12.0. The highest BCUT2D eigenvalue weighted by Crippen LogP contribution is 2.10. The maximum absolute atomic E-state index is 3.70. The molecule has 2 nitrogen and oxygen atoms in total. The predicted molar refractivity (Wildman–Crippen MR) is 86.8 cm³/mol. The number of nitrogens with one attached hydrogen (secondary N) is 1. The molecule has 1 N–H and O–H groups in total. The maximum atomic E-state index is 3.70. The Morgan fingerprint density at radius 1 is 1.11 bits per heavy atom. The van der Waals surface area contributed by atoms with E-state index in [0.29, 0.717) is 6.04 Å². The van der Waals surface area contributed by atoms with Crippen molar-refractivity contribution >= 4 is 13.3 Å². The van der Waals surface area contributed by atoms with Gasteiger partial charge in [0.1, 0.15) is 0 Å². The van der Waals surface area contributed by atoms with E-state index in [1.807, 2.05) is 0 Å². The molecule has 0 aromatic heterocycles. The molecule has 0 spiro atoms. The second-order valence-electron chi connectivity index (χ2n) is 6.91. The number of hydrogen-bond acceptors (Lipinski definition) is 2. The summed E-state index contributed by atoms with van der Waals surface area (Å²) in [5, 5.41) is 5.25. The summed E-state index contributed by atoms with van der Waals surface area (Å²) in [6.07, 6.45) is 2.56. The molecule has 0 saturated carbocycles. The van der Waals surface area contributed by atoms with Crippen molar-refractivity contribution in [2.45, 2.75) is 45.1 Å². The first-order valence-electron chi connectivity index (χ1n) is 7.46. The third kappa shape index (κ3) is 4.44. The van der Waals surface area contributed by atoms with Gasteiger partial charge in [0, 0.05) is 12.6 Å². The van der Waals surface area contributed by atoms with Crippen molar-refractivity contribution in [1.29, 1.82) is 0 Å². The van der Waals surface area contributed by atoms with Gasteiger partial charge in [0.2, 0.25) is 0 Å². The zero-order valence-electron chi connectivity index (χ0n) is 12.9. The van der Waals surface area contributed by atoms with Crippen molar-refractivity contribution in [3.05, 3.63) is 29.8 Å². The molecular formula is C16H28N2Si. The van der Waals surface area contributed by atoms with Gasteiger partial charge in [0.05, 0.1) is 8.07 Å². The summed E-state index contributed by atoms with van der Waals surface area (Å²) in [6.45, 7) is 10.7. The first kappa shape index (κ1) is 14.8. The van der Waals surface area contributed by atoms with Gasteiger partial charge in [-0.1, -0.05) is 49.1 Å². The van der Waals surface area contributed by atoms with E-state index in [-0.39, 0.29) is 0 Å². The summed E-state index contributed by atoms with van der Waals surface area (Å²) < 4.78 is 0. The highest BCUT2D eigenvalue weighted by molar-refractivity contribution is 6.88. The molecule has 2 rings (SSSR count). The first-order valence-corrected chi connectivity index (χ1v) is 11.0. The van der Waals surface area contributed by atoms with Crippen LogP contribution in [0.5, 0.6) is 0 Å². The van der Waals surface area contributed by atoms with E-state index in [9.17, 15) is 0 Å². The number of hydrogen-bond donors (Lipinski definition) is 1. The molecule has 0 bridgehead atoms. The highest BCUT2D eigenvalue weighted by Gasteiger charge is 2.17. The molecule has 106 valence electrons. The Morgan fingerprint density at radius 3 is 2.21 bits per heavy atom. The lowest BCUT2D eigenvalue weighted by molar-refractivity contribution is 0.234. The number of benzene rings is 1.